The molecule has 108 valence electrons. The smallest absolute Gasteiger partial charge is 0.0521 e. The van der Waals surface area contributed by atoms with E-state index in [1.54, 1.807) is 0 Å². The Kier molecular flexibility index (Phi) is 5.81. The topological polar surface area (TPSA) is 29.9 Å². The Balaban J connectivity index is 1.87. The van der Waals surface area contributed by atoms with Gasteiger partial charge in [0, 0.05) is 19.8 Å². The van der Waals surface area contributed by atoms with Gasteiger partial charge in [-0.05, 0) is 42.9 Å². The zero-order valence-corrected chi connectivity index (χ0v) is 12.5. The van der Waals surface area contributed by atoms with Crippen LogP contribution in [0.5, 0.6) is 0 Å². The molecular formula is C17H25N3. The van der Waals surface area contributed by atoms with Crippen LogP contribution in [-0.2, 0) is 13.5 Å². The van der Waals surface area contributed by atoms with Gasteiger partial charge >= 0.3 is 0 Å². The minimum absolute atomic E-state index is 0.604. The van der Waals surface area contributed by atoms with E-state index in [0.29, 0.717) is 5.92 Å². The molecule has 0 fully saturated rings. The minimum Gasteiger partial charge on any atom is -0.316 e. The van der Waals surface area contributed by atoms with Crippen molar-refractivity contribution in [3.63, 3.8) is 0 Å². The van der Waals surface area contributed by atoms with Gasteiger partial charge < -0.3 is 5.32 Å². The van der Waals surface area contributed by atoms with E-state index in [4.69, 9.17) is 0 Å². The summed E-state index contributed by atoms with van der Waals surface area (Å²) in [5, 5.41) is 7.71. The molecule has 0 aliphatic rings. The van der Waals surface area contributed by atoms with Crippen molar-refractivity contribution in [3.8, 4) is 0 Å². The summed E-state index contributed by atoms with van der Waals surface area (Å²) in [6, 6.07) is 10.8. The lowest BCUT2D eigenvalue weighted by Gasteiger charge is -2.17. The van der Waals surface area contributed by atoms with E-state index >= 15 is 0 Å². The van der Waals surface area contributed by atoms with E-state index in [1.165, 1.54) is 24.0 Å². The first-order valence-corrected chi connectivity index (χ1v) is 7.52. The molecule has 1 atom stereocenters. The van der Waals surface area contributed by atoms with Crippen molar-refractivity contribution in [1.29, 1.82) is 0 Å². The predicted molar refractivity (Wildman–Crippen MR) is 83.9 cm³/mol. The Bertz CT molecular complexity index is 490. The Labute approximate surface area is 122 Å². The molecule has 0 radical (unpaired) electrons. The van der Waals surface area contributed by atoms with E-state index in [-0.39, 0.29) is 0 Å². The van der Waals surface area contributed by atoms with Gasteiger partial charge in [0.1, 0.15) is 0 Å². The fraction of sp³-hybridized carbons (Fsp3) is 0.471. The molecule has 0 aliphatic heterocycles. The molecule has 0 amide bonds. The van der Waals surface area contributed by atoms with E-state index in [0.717, 1.165) is 19.5 Å². The van der Waals surface area contributed by atoms with Crippen molar-refractivity contribution < 1.29 is 0 Å². The first kappa shape index (κ1) is 14.8. The van der Waals surface area contributed by atoms with Crippen molar-refractivity contribution in [3.05, 3.63) is 53.9 Å². The van der Waals surface area contributed by atoms with Crippen LogP contribution in [0.25, 0.3) is 0 Å². The van der Waals surface area contributed by atoms with Crippen LogP contribution >= 0.6 is 0 Å². The van der Waals surface area contributed by atoms with Crippen LogP contribution in [0.3, 0.4) is 0 Å². The molecule has 0 bridgehead atoms. The first-order valence-electron chi connectivity index (χ1n) is 7.52. The SMILES string of the molecule is CCNCC(CCCc1cnn(C)c1)c1ccccc1. The molecular weight excluding hydrogens is 246 g/mol. The summed E-state index contributed by atoms with van der Waals surface area (Å²) in [4.78, 5) is 0. The van der Waals surface area contributed by atoms with Crippen LogP contribution in [0, 0.1) is 0 Å². The van der Waals surface area contributed by atoms with Crippen LogP contribution < -0.4 is 5.32 Å². The van der Waals surface area contributed by atoms with Crippen molar-refractivity contribution >= 4 is 0 Å². The number of aryl methyl sites for hydroxylation is 2. The highest BCUT2D eigenvalue weighted by atomic mass is 15.2. The quantitative estimate of drug-likeness (QED) is 0.799. The molecule has 1 aromatic carbocycles. The zero-order valence-electron chi connectivity index (χ0n) is 12.5. The Morgan fingerprint density at radius 2 is 2.05 bits per heavy atom. The van der Waals surface area contributed by atoms with Gasteiger partial charge in [-0.3, -0.25) is 4.68 Å². The maximum Gasteiger partial charge on any atom is 0.0521 e. The average molecular weight is 271 g/mol. The van der Waals surface area contributed by atoms with Crippen LogP contribution in [-0.4, -0.2) is 22.9 Å². The molecule has 0 saturated heterocycles. The standard InChI is InChI=1S/C17H25N3/c1-3-18-13-17(16-9-5-4-6-10-16)11-7-8-15-12-19-20(2)14-15/h4-6,9-10,12,14,17-18H,3,7-8,11,13H2,1-2H3. The second-order valence-electron chi connectivity index (χ2n) is 5.33. The maximum atomic E-state index is 4.23. The fourth-order valence-electron chi connectivity index (χ4n) is 2.58. The Hall–Kier alpha value is -1.61. The number of likely N-dealkylation sites (N-methyl/N-ethyl adjacent to an activating group) is 1. The maximum absolute atomic E-state index is 4.23. The van der Waals surface area contributed by atoms with Crippen LogP contribution in [0.4, 0.5) is 0 Å². The van der Waals surface area contributed by atoms with Gasteiger partial charge in [-0.1, -0.05) is 37.3 Å². The molecule has 0 spiro atoms. The second kappa shape index (κ2) is 7.85. The molecule has 2 aromatic rings. The highest BCUT2D eigenvalue weighted by Crippen LogP contribution is 2.21. The van der Waals surface area contributed by atoms with E-state index in [9.17, 15) is 0 Å². The second-order valence-corrected chi connectivity index (χ2v) is 5.33. The largest absolute Gasteiger partial charge is 0.316 e. The van der Waals surface area contributed by atoms with E-state index in [1.807, 2.05) is 17.9 Å². The highest BCUT2D eigenvalue weighted by Gasteiger charge is 2.10. The molecule has 1 N–H and O–H groups in total. The molecule has 1 unspecified atom stereocenters. The Morgan fingerprint density at radius 3 is 2.70 bits per heavy atom. The first-order chi connectivity index (χ1) is 9.79. The molecule has 3 heteroatoms. The number of rotatable bonds is 8. The summed E-state index contributed by atoms with van der Waals surface area (Å²) in [5.41, 5.74) is 2.78. The minimum atomic E-state index is 0.604. The van der Waals surface area contributed by atoms with Gasteiger partial charge in [0.25, 0.3) is 0 Å². The van der Waals surface area contributed by atoms with Gasteiger partial charge in [-0.15, -0.1) is 0 Å². The Morgan fingerprint density at radius 1 is 1.25 bits per heavy atom. The summed E-state index contributed by atoms with van der Waals surface area (Å²) >= 11 is 0. The van der Waals surface area contributed by atoms with Crippen molar-refractivity contribution in [2.24, 2.45) is 7.05 Å². The zero-order chi connectivity index (χ0) is 14.2. The molecule has 20 heavy (non-hydrogen) atoms. The molecule has 3 nitrogen and oxygen atoms in total. The third-order valence-corrected chi connectivity index (χ3v) is 3.69. The number of benzene rings is 1. The lowest BCUT2D eigenvalue weighted by atomic mass is 9.93. The van der Waals surface area contributed by atoms with E-state index in [2.05, 4.69) is 53.9 Å². The van der Waals surface area contributed by atoms with Crippen LogP contribution in [0.15, 0.2) is 42.7 Å². The lowest BCUT2D eigenvalue weighted by Crippen LogP contribution is -2.21. The summed E-state index contributed by atoms with van der Waals surface area (Å²) in [5.74, 6) is 0.604. The molecule has 2 rings (SSSR count). The van der Waals surface area contributed by atoms with E-state index < -0.39 is 0 Å². The number of nitrogens with one attached hydrogen (secondary N) is 1. The third-order valence-electron chi connectivity index (χ3n) is 3.69. The van der Waals surface area contributed by atoms with Gasteiger partial charge in [0.2, 0.25) is 0 Å². The van der Waals surface area contributed by atoms with Gasteiger partial charge in [-0.25, -0.2) is 0 Å². The predicted octanol–water partition coefficient (Wildman–Crippen LogP) is 3.14. The third kappa shape index (κ3) is 4.49. The monoisotopic (exact) mass is 271 g/mol. The molecule has 0 aliphatic carbocycles. The van der Waals surface area contributed by atoms with Gasteiger partial charge in [0.15, 0.2) is 0 Å². The lowest BCUT2D eigenvalue weighted by molar-refractivity contribution is 0.542. The molecule has 1 aromatic heterocycles. The van der Waals surface area contributed by atoms with Gasteiger partial charge in [-0.2, -0.15) is 5.10 Å². The molecule has 1 heterocycles. The number of nitrogens with zero attached hydrogens (tertiary/aromatic N) is 2. The van der Waals surface area contributed by atoms with Gasteiger partial charge in [0.05, 0.1) is 6.20 Å². The molecule has 0 saturated carbocycles. The summed E-state index contributed by atoms with van der Waals surface area (Å²) in [7, 11) is 1.97. The summed E-state index contributed by atoms with van der Waals surface area (Å²) in [6.45, 7) is 4.26. The summed E-state index contributed by atoms with van der Waals surface area (Å²) in [6.07, 6.45) is 7.62. The normalized spacial score (nSPS) is 12.5. The van der Waals surface area contributed by atoms with Crippen molar-refractivity contribution in [2.45, 2.75) is 32.1 Å². The van der Waals surface area contributed by atoms with Crippen LogP contribution in [0.2, 0.25) is 0 Å². The number of aromatic nitrogens is 2. The fourth-order valence-corrected chi connectivity index (χ4v) is 2.58. The average Bonchev–Trinajstić information content (AvgIpc) is 2.89. The summed E-state index contributed by atoms with van der Waals surface area (Å²) < 4.78 is 1.88. The van der Waals surface area contributed by atoms with Crippen molar-refractivity contribution in [1.82, 2.24) is 15.1 Å². The highest BCUT2D eigenvalue weighted by molar-refractivity contribution is 5.20. The number of hydrogen-bond acceptors (Lipinski definition) is 2. The number of hydrogen-bond donors (Lipinski definition) is 1. The van der Waals surface area contributed by atoms with Crippen LogP contribution in [0.1, 0.15) is 36.8 Å². The van der Waals surface area contributed by atoms with Crippen molar-refractivity contribution in [2.75, 3.05) is 13.1 Å².